The third-order valence-electron chi connectivity index (χ3n) is 5.07. The summed E-state index contributed by atoms with van der Waals surface area (Å²) < 4.78 is 17.9. The van der Waals surface area contributed by atoms with Crippen molar-refractivity contribution in [2.75, 3.05) is 13.7 Å². The summed E-state index contributed by atoms with van der Waals surface area (Å²) in [4.78, 5) is 23.5. The first-order valence-corrected chi connectivity index (χ1v) is 10.7. The fourth-order valence-corrected chi connectivity index (χ4v) is 3.36. The second kappa shape index (κ2) is 10.4. The number of carbonyl (C=O) groups excluding carboxylic acids is 2. The van der Waals surface area contributed by atoms with Crippen LogP contribution in [0.25, 0.3) is 11.1 Å². The minimum atomic E-state index is -0.610. The van der Waals surface area contributed by atoms with Gasteiger partial charge in [-0.2, -0.15) is 0 Å². The van der Waals surface area contributed by atoms with Gasteiger partial charge in [-0.3, -0.25) is 4.79 Å². The Morgan fingerprint density at radius 2 is 1.71 bits per heavy atom. The smallest absolute Gasteiger partial charge is 0.364 e. The summed E-state index contributed by atoms with van der Waals surface area (Å²) in [6.07, 6.45) is 0.814. The minimum absolute atomic E-state index is 0.00174. The Labute approximate surface area is 196 Å². The Balaban J connectivity index is 1.61. The van der Waals surface area contributed by atoms with Crippen molar-refractivity contribution >= 4 is 12.3 Å². The summed E-state index contributed by atoms with van der Waals surface area (Å²) in [6, 6.07) is 22.1. The van der Waals surface area contributed by atoms with Crippen molar-refractivity contribution in [2.45, 2.75) is 13.5 Å². The highest BCUT2D eigenvalue weighted by Gasteiger charge is 2.23. The lowest BCUT2D eigenvalue weighted by Gasteiger charge is -2.11. The molecule has 1 heterocycles. The molecule has 34 heavy (non-hydrogen) atoms. The highest BCUT2D eigenvalue weighted by Crippen LogP contribution is 2.28. The molecule has 4 aromatic rings. The lowest BCUT2D eigenvalue weighted by Crippen LogP contribution is -2.09. The molecule has 0 aliphatic carbocycles. The largest absolute Gasteiger partial charge is 0.497 e. The second-order valence-corrected chi connectivity index (χ2v) is 7.34. The van der Waals surface area contributed by atoms with E-state index in [1.54, 1.807) is 32.2 Å². The van der Waals surface area contributed by atoms with E-state index in [2.05, 4.69) is 10.3 Å². The van der Waals surface area contributed by atoms with Crippen molar-refractivity contribution in [1.29, 1.82) is 0 Å². The molecule has 0 bridgehead atoms. The number of carbonyl (C=O) groups is 2. The molecule has 0 fully saturated rings. The monoisotopic (exact) mass is 457 g/mol. The molecule has 172 valence electrons. The van der Waals surface area contributed by atoms with E-state index >= 15 is 0 Å². The number of hydrogen-bond donors (Lipinski definition) is 0. The molecule has 0 atom stereocenters. The Morgan fingerprint density at radius 3 is 2.38 bits per heavy atom. The van der Waals surface area contributed by atoms with Crippen LogP contribution in [0.15, 0.2) is 72.8 Å². The molecule has 8 heteroatoms. The number of methoxy groups -OCH3 is 1. The molecular formula is C26H23N3O5. The van der Waals surface area contributed by atoms with Crippen molar-refractivity contribution in [1.82, 2.24) is 15.0 Å². The number of esters is 1. The van der Waals surface area contributed by atoms with Gasteiger partial charge in [-0.25, -0.2) is 9.48 Å². The zero-order valence-electron chi connectivity index (χ0n) is 18.8. The molecule has 0 saturated heterocycles. The Bertz CT molecular complexity index is 1280. The van der Waals surface area contributed by atoms with Gasteiger partial charge >= 0.3 is 5.97 Å². The summed E-state index contributed by atoms with van der Waals surface area (Å²) in [5, 5.41) is 8.11. The van der Waals surface area contributed by atoms with E-state index in [0.717, 1.165) is 28.7 Å². The van der Waals surface area contributed by atoms with E-state index in [4.69, 9.17) is 14.2 Å². The number of hydrogen-bond acceptors (Lipinski definition) is 7. The Hall–Kier alpha value is -4.46. The highest BCUT2D eigenvalue weighted by atomic mass is 16.5. The zero-order valence-corrected chi connectivity index (χ0v) is 18.8. The fraction of sp³-hybridized carbons (Fsp3) is 0.154. The maximum Gasteiger partial charge on any atom is 0.364 e. The van der Waals surface area contributed by atoms with E-state index in [-0.39, 0.29) is 18.2 Å². The molecule has 3 aromatic carbocycles. The predicted molar refractivity (Wildman–Crippen MR) is 125 cm³/mol. The molecule has 4 rings (SSSR count). The van der Waals surface area contributed by atoms with Gasteiger partial charge in [-0.15, -0.1) is 5.10 Å². The number of benzene rings is 3. The van der Waals surface area contributed by atoms with Gasteiger partial charge < -0.3 is 14.2 Å². The van der Waals surface area contributed by atoms with Crippen molar-refractivity contribution in [3.05, 3.63) is 89.6 Å². The summed E-state index contributed by atoms with van der Waals surface area (Å²) in [5.41, 5.74) is 3.36. The van der Waals surface area contributed by atoms with Crippen molar-refractivity contribution in [3.8, 4) is 28.5 Å². The molecule has 8 nitrogen and oxygen atoms in total. The number of rotatable bonds is 9. The van der Waals surface area contributed by atoms with E-state index in [0.29, 0.717) is 17.9 Å². The molecule has 0 aliphatic rings. The van der Waals surface area contributed by atoms with Gasteiger partial charge in [0, 0.05) is 5.56 Å². The van der Waals surface area contributed by atoms with Crippen LogP contribution in [-0.4, -0.2) is 41.0 Å². The van der Waals surface area contributed by atoms with E-state index in [9.17, 15) is 9.59 Å². The minimum Gasteiger partial charge on any atom is -0.497 e. The number of ether oxygens (including phenoxy) is 3. The van der Waals surface area contributed by atoms with E-state index in [1.165, 1.54) is 4.68 Å². The second-order valence-electron chi connectivity index (χ2n) is 7.34. The highest BCUT2D eigenvalue weighted by molar-refractivity contribution is 5.89. The summed E-state index contributed by atoms with van der Waals surface area (Å²) in [7, 11) is 1.61. The topological polar surface area (TPSA) is 92.5 Å². The molecule has 0 radical (unpaired) electrons. The molecule has 0 spiro atoms. The molecule has 0 N–H and O–H groups in total. The fourth-order valence-electron chi connectivity index (χ4n) is 3.36. The standard InChI is InChI=1S/C26H23N3O5/c1-3-33-26(31)24-25(29(28-27-24)16-18-7-11-22(32-2)12-8-18)34-23-13-9-20(10-14-23)21-6-4-5-19(15-21)17-30/h4-15,17H,3,16H2,1-2H3. The van der Waals surface area contributed by atoms with Crippen LogP contribution in [0.3, 0.4) is 0 Å². The average Bonchev–Trinajstić information content (AvgIpc) is 3.27. The average molecular weight is 457 g/mol. The van der Waals surface area contributed by atoms with Crippen LogP contribution in [-0.2, 0) is 11.3 Å². The number of aldehydes is 1. The molecule has 0 unspecified atom stereocenters. The molecule has 1 aromatic heterocycles. The van der Waals surface area contributed by atoms with Gasteiger partial charge in [0.2, 0.25) is 5.69 Å². The van der Waals surface area contributed by atoms with Crippen molar-refractivity contribution in [2.24, 2.45) is 0 Å². The van der Waals surface area contributed by atoms with Gasteiger partial charge in [0.15, 0.2) is 0 Å². The lowest BCUT2D eigenvalue weighted by molar-refractivity contribution is 0.0516. The van der Waals surface area contributed by atoms with Gasteiger partial charge in [-0.05, 0) is 53.9 Å². The van der Waals surface area contributed by atoms with Crippen molar-refractivity contribution < 1.29 is 23.8 Å². The van der Waals surface area contributed by atoms with Crippen LogP contribution in [0, 0.1) is 0 Å². The van der Waals surface area contributed by atoms with Crippen LogP contribution in [0.4, 0.5) is 0 Å². The maximum absolute atomic E-state index is 12.4. The van der Waals surface area contributed by atoms with Gasteiger partial charge in [0.1, 0.15) is 17.8 Å². The van der Waals surface area contributed by atoms with E-state index in [1.807, 2.05) is 54.6 Å². The summed E-state index contributed by atoms with van der Waals surface area (Å²) >= 11 is 0. The quantitative estimate of drug-likeness (QED) is 0.264. The summed E-state index contributed by atoms with van der Waals surface area (Å²) in [6.45, 7) is 2.26. The first-order valence-electron chi connectivity index (χ1n) is 10.7. The van der Waals surface area contributed by atoms with Crippen molar-refractivity contribution in [3.63, 3.8) is 0 Å². The third kappa shape index (κ3) is 5.12. The maximum atomic E-state index is 12.4. The number of aromatic nitrogens is 3. The summed E-state index contributed by atoms with van der Waals surface area (Å²) in [5.74, 6) is 0.815. The Kier molecular flexibility index (Phi) is 6.98. The normalized spacial score (nSPS) is 10.5. The predicted octanol–water partition coefficient (Wildman–Crippen LogP) is 4.78. The van der Waals surface area contributed by atoms with Gasteiger partial charge in [-0.1, -0.05) is 47.7 Å². The SMILES string of the molecule is CCOC(=O)c1nnn(Cc2ccc(OC)cc2)c1Oc1ccc(-c2cccc(C=O)c2)cc1. The first-order chi connectivity index (χ1) is 16.6. The Morgan fingerprint density at radius 1 is 0.971 bits per heavy atom. The van der Waals surface area contributed by atoms with Crippen LogP contribution < -0.4 is 9.47 Å². The first kappa shape index (κ1) is 22.7. The molecule has 0 saturated carbocycles. The number of nitrogens with zero attached hydrogens (tertiary/aromatic N) is 3. The van der Waals surface area contributed by atoms with Gasteiger partial charge in [0.05, 0.1) is 20.3 Å². The zero-order chi connectivity index (χ0) is 23.9. The van der Waals surface area contributed by atoms with Crippen LogP contribution in [0.2, 0.25) is 0 Å². The van der Waals surface area contributed by atoms with E-state index < -0.39 is 5.97 Å². The third-order valence-corrected chi connectivity index (χ3v) is 5.07. The molecule has 0 aliphatic heterocycles. The lowest BCUT2D eigenvalue weighted by atomic mass is 10.0. The molecule has 0 amide bonds. The van der Waals surface area contributed by atoms with Crippen LogP contribution >= 0.6 is 0 Å². The van der Waals surface area contributed by atoms with Gasteiger partial charge in [0.25, 0.3) is 5.88 Å². The van der Waals surface area contributed by atoms with Crippen LogP contribution in [0.5, 0.6) is 17.4 Å². The molecular weight excluding hydrogens is 434 g/mol. The van der Waals surface area contributed by atoms with Crippen LogP contribution in [0.1, 0.15) is 33.3 Å².